The molecule has 0 aromatic carbocycles. The van der Waals surface area contributed by atoms with Gasteiger partial charge in [-0.2, -0.15) is 0 Å². The molecule has 0 unspecified atom stereocenters. The molecule has 2 fully saturated rings. The molecule has 2 heteroatoms. The first-order valence-corrected chi connectivity index (χ1v) is 7.68. The molecule has 2 nitrogen and oxygen atoms in total. The minimum absolute atomic E-state index is 1.04. The largest absolute Gasteiger partial charge is 0.306 e. The summed E-state index contributed by atoms with van der Waals surface area (Å²) in [5, 5.41) is 0. The van der Waals surface area contributed by atoms with Gasteiger partial charge in [-0.1, -0.05) is 6.92 Å². The molecule has 0 bridgehead atoms. The molecule has 2 rings (SSSR count). The second kappa shape index (κ2) is 6.75. The zero-order valence-corrected chi connectivity index (χ0v) is 11.8. The maximum atomic E-state index is 2.66. The van der Waals surface area contributed by atoms with Gasteiger partial charge in [0.05, 0.1) is 0 Å². The van der Waals surface area contributed by atoms with Crippen molar-refractivity contribution in [1.29, 1.82) is 0 Å². The van der Waals surface area contributed by atoms with Gasteiger partial charge < -0.3 is 9.80 Å². The Labute approximate surface area is 107 Å². The highest BCUT2D eigenvalue weighted by atomic mass is 15.1. The number of nitrogens with zero attached hydrogens (tertiary/aromatic N) is 2. The monoisotopic (exact) mass is 238 g/mol. The molecule has 2 saturated heterocycles. The van der Waals surface area contributed by atoms with Crippen LogP contribution in [0.4, 0.5) is 0 Å². The van der Waals surface area contributed by atoms with Gasteiger partial charge in [0, 0.05) is 0 Å². The molecule has 0 amide bonds. The third-order valence-corrected chi connectivity index (χ3v) is 4.75. The first kappa shape index (κ1) is 13.4. The van der Waals surface area contributed by atoms with Gasteiger partial charge in [0.25, 0.3) is 0 Å². The van der Waals surface area contributed by atoms with E-state index in [-0.39, 0.29) is 0 Å². The van der Waals surface area contributed by atoms with E-state index < -0.39 is 0 Å². The van der Waals surface area contributed by atoms with Gasteiger partial charge >= 0.3 is 0 Å². The van der Waals surface area contributed by atoms with E-state index in [1.54, 1.807) is 0 Å². The average molecular weight is 238 g/mol. The van der Waals surface area contributed by atoms with Crippen LogP contribution in [0.1, 0.15) is 45.4 Å². The maximum absolute atomic E-state index is 2.66. The lowest BCUT2D eigenvalue weighted by molar-refractivity contribution is 0.142. The third-order valence-electron chi connectivity index (χ3n) is 4.75. The van der Waals surface area contributed by atoms with E-state index in [1.165, 1.54) is 71.2 Å². The minimum atomic E-state index is 1.04. The molecule has 2 aliphatic heterocycles. The summed E-state index contributed by atoms with van der Waals surface area (Å²) in [6.45, 7) is 9.01. The van der Waals surface area contributed by atoms with E-state index >= 15 is 0 Å². The Hall–Kier alpha value is -0.0800. The fourth-order valence-electron chi connectivity index (χ4n) is 3.53. The van der Waals surface area contributed by atoms with Crippen molar-refractivity contribution in [3.8, 4) is 0 Å². The molecule has 0 N–H and O–H groups in total. The number of likely N-dealkylation sites (tertiary alicyclic amines) is 2. The zero-order chi connectivity index (χ0) is 12.1. The highest BCUT2D eigenvalue weighted by Gasteiger charge is 2.24. The molecular weight excluding hydrogens is 208 g/mol. The number of piperidine rings is 2. The molecule has 0 spiro atoms. The van der Waals surface area contributed by atoms with Crippen molar-refractivity contribution in [2.75, 3.05) is 39.8 Å². The summed E-state index contributed by atoms with van der Waals surface area (Å²) >= 11 is 0. The fraction of sp³-hybridized carbons (Fsp3) is 1.00. The van der Waals surface area contributed by atoms with Crippen molar-refractivity contribution in [3.63, 3.8) is 0 Å². The van der Waals surface area contributed by atoms with Crippen LogP contribution in [0, 0.1) is 11.8 Å². The SMILES string of the molecule is CCCN1CCC(CC2CCN(C)CC2)CC1. The topological polar surface area (TPSA) is 6.48 Å². The average Bonchev–Trinajstić information content (AvgIpc) is 2.35. The van der Waals surface area contributed by atoms with Crippen molar-refractivity contribution >= 4 is 0 Å². The Morgan fingerprint density at radius 1 is 0.882 bits per heavy atom. The van der Waals surface area contributed by atoms with Gasteiger partial charge in [-0.15, -0.1) is 0 Å². The third kappa shape index (κ3) is 4.26. The van der Waals surface area contributed by atoms with Crippen molar-refractivity contribution < 1.29 is 0 Å². The molecule has 2 heterocycles. The van der Waals surface area contributed by atoms with Crippen molar-refractivity contribution in [1.82, 2.24) is 9.80 Å². The molecular formula is C15H30N2. The van der Waals surface area contributed by atoms with E-state index in [4.69, 9.17) is 0 Å². The van der Waals surface area contributed by atoms with E-state index in [0.717, 1.165) is 11.8 Å². The van der Waals surface area contributed by atoms with Crippen LogP contribution in [-0.2, 0) is 0 Å². The van der Waals surface area contributed by atoms with Crippen LogP contribution >= 0.6 is 0 Å². The Kier molecular flexibility index (Phi) is 5.30. The summed E-state index contributed by atoms with van der Waals surface area (Å²) in [6, 6.07) is 0. The lowest BCUT2D eigenvalue weighted by atomic mass is 9.83. The van der Waals surface area contributed by atoms with Crippen LogP contribution in [-0.4, -0.2) is 49.6 Å². The van der Waals surface area contributed by atoms with Gasteiger partial charge in [0.2, 0.25) is 0 Å². The predicted molar refractivity (Wildman–Crippen MR) is 74.3 cm³/mol. The molecule has 0 radical (unpaired) electrons. The highest BCUT2D eigenvalue weighted by molar-refractivity contribution is 4.77. The van der Waals surface area contributed by atoms with Crippen LogP contribution in [0.3, 0.4) is 0 Å². The van der Waals surface area contributed by atoms with Crippen LogP contribution in [0.15, 0.2) is 0 Å². The fourth-order valence-corrected chi connectivity index (χ4v) is 3.53. The van der Waals surface area contributed by atoms with Gasteiger partial charge in [-0.3, -0.25) is 0 Å². The first-order chi connectivity index (χ1) is 8.28. The lowest BCUT2D eigenvalue weighted by Crippen LogP contribution is -2.36. The summed E-state index contributed by atoms with van der Waals surface area (Å²) < 4.78 is 0. The minimum Gasteiger partial charge on any atom is -0.306 e. The van der Waals surface area contributed by atoms with E-state index in [0.29, 0.717) is 0 Å². The van der Waals surface area contributed by atoms with Crippen LogP contribution in [0.5, 0.6) is 0 Å². The highest BCUT2D eigenvalue weighted by Crippen LogP contribution is 2.29. The number of rotatable bonds is 4. The normalized spacial score (nSPS) is 26.5. The molecule has 2 aliphatic rings. The lowest BCUT2D eigenvalue weighted by Gasteiger charge is -2.35. The predicted octanol–water partition coefficient (Wildman–Crippen LogP) is 2.84. The van der Waals surface area contributed by atoms with Crippen molar-refractivity contribution in [2.24, 2.45) is 11.8 Å². The number of hydrogen-bond acceptors (Lipinski definition) is 2. The van der Waals surface area contributed by atoms with Crippen molar-refractivity contribution in [2.45, 2.75) is 45.4 Å². The summed E-state index contributed by atoms with van der Waals surface area (Å²) in [6.07, 6.45) is 8.67. The zero-order valence-electron chi connectivity index (χ0n) is 11.8. The Morgan fingerprint density at radius 2 is 1.41 bits per heavy atom. The van der Waals surface area contributed by atoms with Crippen LogP contribution in [0.25, 0.3) is 0 Å². The first-order valence-electron chi connectivity index (χ1n) is 7.68. The maximum Gasteiger partial charge on any atom is -0.00161 e. The van der Waals surface area contributed by atoms with E-state index in [1.807, 2.05) is 0 Å². The summed E-state index contributed by atoms with van der Waals surface area (Å²) in [7, 11) is 2.26. The van der Waals surface area contributed by atoms with E-state index in [9.17, 15) is 0 Å². The Morgan fingerprint density at radius 3 is 1.94 bits per heavy atom. The summed E-state index contributed by atoms with van der Waals surface area (Å²) in [5.41, 5.74) is 0. The Balaban J connectivity index is 1.64. The summed E-state index contributed by atoms with van der Waals surface area (Å²) in [4.78, 5) is 5.14. The van der Waals surface area contributed by atoms with Gasteiger partial charge in [0.1, 0.15) is 0 Å². The molecule has 100 valence electrons. The Bertz CT molecular complexity index is 201. The summed E-state index contributed by atoms with van der Waals surface area (Å²) in [5.74, 6) is 2.07. The standard InChI is InChI=1S/C15H30N2/c1-3-8-17-11-6-15(7-12-17)13-14-4-9-16(2)10-5-14/h14-15H,3-13H2,1-2H3. The quantitative estimate of drug-likeness (QED) is 0.743. The van der Waals surface area contributed by atoms with Crippen molar-refractivity contribution in [3.05, 3.63) is 0 Å². The molecule has 0 aliphatic carbocycles. The molecule has 0 atom stereocenters. The molecule has 0 aromatic heterocycles. The molecule has 0 saturated carbocycles. The second-order valence-corrected chi connectivity index (χ2v) is 6.27. The van der Waals surface area contributed by atoms with Crippen LogP contribution in [0.2, 0.25) is 0 Å². The smallest absolute Gasteiger partial charge is 0.00161 e. The van der Waals surface area contributed by atoms with Gasteiger partial charge in [-0.25, -0.2) is 0 Å². The van der Waals surface area contributed by atoms with Crippen LogP contribution < -0.4 is 0 Å². The molecule has 17 heavy (non-hydrogen) atoms. The van der Waals surface area contributed by atoms with E-state index in [2.05, 4.69) is 23.8 Å². The second-order valence-electron chi connectivity index (χ2n) is 6.27. The molecule has 0 aromatic rings. The number of hydrogen-bond donors (Lipinski definition) is 0. The van der Waals surface area contributed by atoms with Gasteiger partial charge in [-0.05, 0) is 90.1 Å². The van der Waals surface area contributed by atoms with Gasteiger partial charge in [0.15, 0.2) is 0 Å².